The van der Waals surface area contributed by atoms with Crippen LogP contribution < -0.4 is 10.6 Å². The summed E-state index contributed by atoms with van der Waals surface area (Å²) >= 11 is 0. The number of hydrogen-bond acceptors (Lipinski definition) is 3. The van der Waals surface area contributed by atoms with Crippen molar-refractivity contribution in [2.75, 3.05) is 11.9 Å². The van der Waals surface area contributed by atoms with Crippen molar-refractivity contribution in [1.82, 2.24) is 20.0 Å². The maximum atomic E-state index is 12.4. The molecule has 1 saturated heterocycles. The average Bonchev–Trinajstić information content (AvgIpc) is 3.04. The summed E-state index contributed by atoms with van der Waals surface area (Å²) in [5.74, 6) is -0.0445. The number of benzene rings is 1. The van der Waals surface area contributed by atoms with Gasteiger partial charge in [-0.1, -0.05) is 30.3 Å². The van der Waals surface area contributed by atoms with Gasteiger partial charge >= 0.3 is 6.03 Å². The van der Waals surface area contributed by atoms with E-state index in [1.807, 2.05) is 37.3 Å². The number of amides is 3. The Kier molecular flexibility index (Phi) is 4.50. The normalized spacial score (nSPS) is 17.2. The van der Waals surface area contributed by atoms with Crippen molar-refractivity contribution < 1.29 is 9.59 Å². The average molecular weight is 327 g/mol. The van der Waals surface area contributed by atoms with E-state index in [9.17, 15) is 9.59 Å². The molecular formula is C17H21N5O2. The second-order valence-corrected chi connectivity index (χ2v) is 5.99. The molecule has 2 heterocycles. The van der Waals surface area contributed by atoms with Crippen LogP contribution >= 0.6 is 0 Å². The van der Waals surface area contributed by atoms with Gasteiger partial charge in [0.15, 0.2) is 0 Å². The van der Waals surface area contributed by atoms with Crippen LogP contribution in [0.15, 0.2) is 36.5 Å². The van der Waals surface area contributed by atoms with Crippen molar-refractivity contribution in [3.8, 4) is 0 Å². The fourth-order valence-corrected chi connectivity index (χ4v) is 2.87. The van der Waals surface area contributed by atoms with Crippen LogP contribution in [0.3, 0.4) is 0 Å². The van der Waals surface area contributed by atoms with Gasteiger partial charge in [0.25, 0.3) is 0 Å². The van der Waals surface area contributed by atoms with Crippen molar-refractivity contribution in [2.45, 2.75) is 25.9 Å². The second-order valence-electron chi connectivity index (χ2n) is 5.99. The molecule has 0 bridgehead atoms. The van der Waals surface area contributed by atoms with Gasteiger partial charge in [-0.2, -0.15) is 5.10 Å². The molecule has 1 aromatic carbocycles. The van der Waals surface area contributed by atoms with Gasteiger partial charge in [-0.25, -0.2) is 4.79 Å². The number of nitrogens with one attached hydrogen (secondary N) is 2. The lowest BCUT2D eigenvalue weighted by molar-refractivity contribution is -0.129. The van der Waals surface area contributed by atoms with Crippen molar-refractivity contribution in [3.05, 3.63) is 47.8 Å². The predicted octanol–water partition coefficient (Wildman–Crippen LogP) is 1.65. The molecule has 0 aliphatic carbocycles. The van der Waals surface area contributed by atoms with Crippen LogP contribution in [0.5, 0.6) is 0 Å². The molecule has 0 radical (unpaired) electrons. The zero-order chi connectivity index (χ0) is 17.1. The predicted molar refractivity (Wildman–Crippen MR) is 90.4 cm³/mol. The highest BCUT2D eigenvalue weighted by Crippen LogP contribution is 2.16. The van der Waals surface area contributed by atoms with Crippen molar-refractivity contribution in [3.63, 3.8) is 0 Å². The number of aromatic nitrogens is 2. The number of rotatable bonds is 4. The molecule has 7 nitrogen and oxygen atoms in total. The molecule has 7 heteroatoms. The Hall–Kier alpha value is -2.83. The van der Waals surface area contributed by atoms with Gasteiger partial charge in [-0.3, -0.25) is 9.48 Å². The molecule has 0 spiro atoms. The van der Waals surface area contributed by atoms with Crippen molar-refractivity contribution in [1.29, 1.82) is 0 Å². The van der Waals surface area contributed by atoms with Gasteiger partial charge in [0.05, 0.1) is 11.4 Å². The first kappa shape index (κ1) is 16.0. The lowest BCUT2D eigenvalue weighted by atomic mass is 10.2. The summed E-state index contributed by atoms with van der Waals surface area (Å²) in [7, 11) is 1.79. The Bertz CT molecular complexity index is 741. The molecule has 1 atom stereocenters. The van der Waals surface area contributed by atoms with Crippen LogP contribution in [0.4, 0.5) is 10.5 Å². The third kappa shape index (κ3) is 3.56. The summed E-state index contributed by atoms with van der Waals surface area (Å²) in [6, 6.07) is 8.98. The molecule has 1 aliphatic heterocycles. The number of urea groups is 1. The maximum absolute atomic E-state index is 12.4. The monoisotopic (exact) mass is 327 g/mol. The third-order valence-electron chi connectivity index (χ3n) is 4.08. The van der Waals surface area contributed by atoms with E-state index in [0.29, 0.717) is 25.2 Å². The molecule has 1 unspecified atom stereocenters. The van der Waals surface area contributed by atoms with Gasteiger partial charge in [-0.05, 0) is 18.9 Å². The molecule has 126 valence electrons. The van der Waals surface area contributed by atoms with Gasteiger partial charge in [0.1, 0.15) is 6.04 Å². The van der Waals surface area contributed by atoms with Crippen molar-refractivity contribution >= 4 is 17.6 Å². The van der Waals surface area contributed by atoms with E-state index < -0.39 is 6.04 Å². The lowest BCUT2D eigenvalue weighted by Gasteiger charge is -2.17. The fourth-order valence-electron chi connectivity index (χ4n) is 2.87. The first-order valence-corrected chi connectivity index (χ1v) is 7.93. The smallest absolute Gasteiger partial charge is 0.319 e. The summed E-state index contributed by atoms with van der Waals surface area (Å²) in [6.45, 7) is 3.03. The zero-order valence-corrected chi connectivity index (χ0v) is 13.8. The number of carbonyl (C=O) groups excluding carboxylic acids is 2. The highest BCUT2D eigenvalue weighted by molar-refractivity contribution is 5.94. The van der Waals surface area contributed by atoms with Crippen LogP contribution in [0.25, 0.3) is 0 Å². The fraction of sp³-hybridized carbons (Fsp3) is 0.353. The zero-order valence-electron chi connectivity index (χ0n) is 13.8. The summed E-state index contributed by atoms with van der Waals surface area (Å²) in [6.07, 6.45) is 2.35. The number of aryl methyl sites for hydroxylation is 2. The van der Waals surface area contributed by atoms with Crippen LogP contribution in [-0.4, -0.2) is 39.2 Å². The first-order chi connectivity index (χ1) is 11.5. The Morgan fingerprint density at radius 3 is 2.75 bits per heavy atom. The first-order valence-electron chi connectivity index (χ1n) is 7.93. The molecular weight excluding hydrogens is 306 g/mol. The van der Waals surface area contributed by atoms with E-state index in [2.05, 4.69) is 15.7 Å². The Balaban J connectivity index is 1.55. The van der Waals surface area contributed by atoms with E-state index in [1.54, 1.807) is 22.8 Å². The molecule has 0 saturated carbocycles. The molecule has 1 fully saturated rings. The van der Waals surface area contributed by atoms with Gasteiger partial charge in [0.2, 0.25) is 5.91 Å². The maximum Gasteiger partial charge on any atom is 0.319 e. The van der Waals surface area contributed by atoms with Crippen LogP contribution in [0, 0.1) is 6.92 Å². The summed E-state index contributed by atoms with van der Waals surface area (Å²) in [5.41, 5.74) is 2.46. The van der Waals surface area contributed by atoms with E-state index in [0.717, 1.165) is 11.3 Å². The molecule has 3 rings (SSSR count). The molecule has 1 aliphatic rings. The summed E-state index contributed by atoms with van der Waals surface area (Å²) in [5, 5.41) is 9.66. The van der Waals surface area contributed by atoms with E-state index in [1.165, 1.54) is 0 Å². The number of likely N-dealkylation sites (tertiary alicyclic amines) is 1. The Morgan fingerprint density at radius 1 is 1.33 bits per heavy atom. The second kappa shape index (κ2) is 6.74. The Morgan fingerprint density at radius 2 is 2.08 bits per heavy atom. The van der Waals surface area contributed by atoms with Gasteiger partial charge in [0, 0.05) is 26.3 Å². The summed E-state index contributed by atoms with van der Waals surface area (Å²) < 4.78 is 1.63. The number of nitrogens with zero attached hydrogens (tertiary/aromatic N) is 3. The highest BCUT2D eigenvalue weighted by Gasteiger charge is 2.32. The molecule has 2 N–H and O–H groups in total. The Labute approximate surface area is 140 Å². The minimum absolute atomic E-state index is 0.0445. The SMILES string of the molecule is Cc1nn(C)cc1NC(=O)NC1CCN(Cc2ccccc2)C1=O. The summed E-state index contributed by atoms with van der Waals surface area (Å²) in [4.78, 5) is 26.3. The van der Waals surface area contributed by atoms with Crippen LogP contribution in [-0.2, 0) is 18.4 Å². The van der Waals surface area contributed by atoms with E-state index in [-0.39, 0.29) is 11.9 Å². The number of hydrogen-bond donors (Lipinski definition) is 2. The number of carbonyl (C=O) groups is 2. The molecule has 1 aromatic heterocycles. The molecule has 3 amide bonds. The largest absolute Gasteiger partial charge is 0.336 e. The third-order valence-corrected chi connectivity index (χ3v) is 4.08. The van der Waals surface area contributed by atoms with E-state index in [4.69, 9.17) is 0 Å². The minimum atomic E-state index is -0.481. The van der Waals surface area contributed by atoms with Crippen LogP contribution in [0.2, 0.25) is 0 Å². The lowest BCUT2D eigenvalue weighted by Crippen LogP contribution is -2.43. The standard InChI is InChI=1S/C17H21N5O2/c1-12-15(11-21(2)20-12)19-17(24)18-14-8-9-22(16(14)23)10-13-6-4-3-5-7-13/h3-7,11,14H,8-10H2,1-2H3,(H2,18,19,24). The quantitative estimate of drug-likeness (QED) is 0.896. The minimum Gasteiger partial charge on any atom is -0.336 e. The topological polar surface area (TPSA) is 79.3 Å². The van der Waals surface area contributed by atoms with Crippen LogP contribution in [0.1, 0.15) is 17.7 Å². The number of anilines is 1. The molecule has 2 aromatic rings. The van der Waals surface area contributed by atoms with Gasteiger partial charge < -0.3 is 15.5 Å². The highest BCUT2D eigenvalue weighted by atomic mass is 16.2. The van der Waals surface area contributed by atoms with Gasteiger partial charge in [-0.15, -0.1) is 0 Å². The molecule has 24 heavy (non-hydrogen) atoms. The van der Waals surface area contributed by atoms with Crippen molar-refractivity contribution in [2.24, 2.45) is 7.05 Å². The van der Waals surface area contributed by atoms with E-state index >= 15 is 0 Å².